The van der Waals surface area contributed by atoms with Crippen LogP contribution < -0.4 is 5.73 Å². The van der Waals surface area contributed by atoms with Gasteiger partial charge >= 0.3 is 0 Å². The second-order valence-electron chi connectivity index (χ2n) is 4.97. The molecule has 5 heteroatoms. The Morgan fingerprint density at radius 2 is 2.14 bits per heavy atom. The fourth-order valence-corrected chi connectivity index (χ4v) is 1.97. The van der Waals surface area contributed by atoms with Crippen LogP contribution in [-0.2, 0) is 6.42 Å². The van der Waals surface area contributed by atoms with Crippen LogP contribution in [0.4, 0.5) is 10.1 Å². The Kier molecular flexibility index (Phi) is 4.52. The molecule has 0 aliphatic carbocycles. The van der Waals surface area contributed by atoms with Gasteiger partial charge < -0.3 is 10.6 Å². The van der Waals surface area contributed by atoms with Crippen LogP contribution in [0.5, 0.6) is 0 Å². The van der Waals surface area contributed by atoms with Gasteiger partial charge in [-0.05, 0) is 31.2 Å². The Hall–Kier alpha value is -2.43. The van der Waals surface area contributed by atoms with E-state index in [0.717, 1.165) is 5.69 Å². The zero-order valence-electron chi connectivity index (χ0n) is 12.1. The van der Waals surface area contributed by atoms with E-state index in [-0.39, 0.29) is 17.2 Å². The molecule has 110 valence electrons. The van der Waals surface area contributed by atoms with Crippen LogP contribution in [0.2, 0.25) is 0 Å². The smallest absolute Gasteiger partial charge is 0.253 e. The van der Waals surface area contributed by atoms with Gasteiger partial charge in [-0.2, -0.15) is 0 Å². The SMILES string of the molecule is Cc1c(N)cc(C(=O)N(C)CCc2ccccn2)cc1F. The van der Waals surface area contributed by atoms with E-state index in [0.29, 0.717) is 18.5 Å². The molecule has 21 heavy (non-hydrogen) atoms. The van der Waals surface area contributed by atoms with Gasteiger partial charge in [-0.3, -0.25) is 9.78 Å². The van der Waals surface area contributed by atoms with Gasteiger partial charge in [-0.1, -0.05) is 6.07 Å². The van der Waals surface area contributed by atoms with E-state index in [1.807, 2.05) is 18.2 Å². The van der Waals surface area contributed by atoms with Crippen molar-refractivity contribution in [2.24, 2.45) is 0 Å². The molecule has 1 aromatic heterocycles. The van der Waals surface area contributed by atoms with E-state index in [4.69, 9.17) is 5.73 Å². The van der Waals surface area contributed by atoms with E-state index in [9.17, 15) is 9.18 Å². The largest absolute Gasteiger partial charge is 0.398 e. The Morgan fingerprint density at radius 1 is 1.38 bits per heavy atom. The van der Waals surface area contributed by atoms with Crippen molar-refractivity contribution in [3.05, 3.63) is 59.2 Å². The first-order chi connectivity index (χ1) is 9.99. The van der Waals surface area contributed by atoms with Crippen LogP contribution in [0, 0.1) is 12.7 Å². The number of benzene rings is 1. The summed E-state index contributed by atoms with van der Waals surface area (Å²) < 4.78 is 13.7. The number of pyridine rings is 1. The number of nitrogens with two attached hydrogens (primary N) is 1. The molecule has 0 atom stereocenters. The van der Waals surface area contributed by atoms with E-state index >= 15 is 0 Å². The molecule has 0 fully saturated rings. The monoisotopic (exact) mass is 287 g/mol. The van der Waals surface area contributed by atoms with Crippen molar-refractivity contribution in [2.45, 2.75) is 13.3 Å². The Bertz CT molecular complexity index is 620. The van der Waals surface area contributed by atoms with E-state index in [2.05, 4.69) is 4.98 Å². The number of carbonyl (C=O) groups excluding carboxylic acids is 1. The normalized spacial score (nSPS) is 10.4. The predicted molar refractivity (Wildman–Crippen MR) is 80.5 cm³/mol. The van der Waals surface area contributed by atoms with Crippen molar-refractivity contribution < 1.29 is 9.18 Å². The first-order valence-electron chi connectivity index (χ1n) is 6.70. The lowest BCUT2D eigenvalue weighted by Gasteiger charge is -2.17. The first-order valence-corrected chi connectivity index (χ1v) is 6.70. The number of nitrogens with zero attached hydrogens (tertiary/aromatic N) is 2. The number of hydrogen-bond acceptors (Lipinski definition) is 3. The highest BCUT2D eigenvalue weighted by Gasteiger charge is 2.15. The van der Waals surface area contributed by atoms with Crippen LogP contribution in [0.25, 0.3) is 0 Å². The summed E-state index contributed by atoms with van der Waals surface area (Å²) in [5.41, 5.74) is 7.53. The number of likely N-dealkylation sites (N-methyl/N-ethyl adjacent to an activating group) is 1. The van der Waals surface area contributed by atoms with Crippen molar-refractivity contribution in [1.82, 2.24) is 9.88 Å². The quantitative estimate of drug-likeness (QED) is 0.879. The van der Waals surface area contributed by atoms with Crippen molar-refractivity contribution in [1.29, 1.82) is 0 Å². The minimum absolute atomic E-state index is 0.253. The van der Waals surface area contributed by atoms with Crippen molar-refractivity contribution in [3.63, 3.8) is 0 Å². The summed E-state index contributed by atoms with van der Waals surface area (Å²) in [4.78, 5) is 18.0. The summed E-state index contributed by atoms with van der Waals surface area (Å²) in [5, 5.41) is 0. The topological polar surface area (TPSA) is 59.2 Å². The summed E-state index contributed by atoms with van der Waals surface area (Å²) in [5.74, 6) is -0.715. The van der Waals surface area contributed by atoms with Crippen molar-refractivity contribution in [2.75, 3.05) is 19.3 Å². The van der Waals surface area contributed by atoms with Crippen LogP contribution in [-0.4, -0.2) is 29.4 Å². The summed E-state index contributed by atoms with van der Waals surface area (Å²) >= 11 is 0. The minimum Gasteiger partial charge on any atom is -0.398 e. The fraction of sp³-hybridized carbons (Fsp3) is 0.250. The lowest BCUT2D eigenvalue weighted by Crippen LogP contribution is -2.29. The summed E-state index contributed by atoms with van der Waals surface area (Å²) in [6.45, 7) is 2.09. The molecule has 0 saturated carbocycles. The molecular formula is C16H18FN3O. The fourth-order valence-electron chi connectivity index (χ4n) is 1.97. The molecule has 0 aliphatic rings. The third-order valence-electron chi connectivity index (χ3n) is 3.41. The highest BCUT2D eigenvalue weighted by molar-refractivity contribution is 5.95. The van der Waals surface area contributed by atoms with Gasteiger partial charge in [-0.25, -0.2) is 4.39 Å². The maximum absolute atomic E-state index is 13.7. The van der Waals surface area contributed by atoms with Crippen LogP contribution in [0.3, 0.4) is 0 Å². The summed E-state index contributed by atoms with van der Waals surface area (Å²) in [6.07, 6.45) is 2.36. The zero-order valence-corrected chi connectivity index (χ0v) is 12.1. The molecule has 2 N–H and O–H groups in total. The molecule has 4 nitrogen and oxygen atoms in total. The zero-order chi connectivity index (χ0) is 15.4. The van der Waals surface area contributed by atoms with E-state index in [1.165, 1.54) is 17.0 Å². The van der Waals surface area contributed by atoms with Crippen molar-refractivity contribution >= 4 is 11.6 Å². The van der Waals surface area contributed by atoms with E-state index in [1.54, 1.807) is 20.2 Å². The molecule has 0 unspecified atom stereocenters. The number of anilines is 1. The summed E-state index contributed by atoms with van der Waals surface area (Å²) in [7, 11) is 1.68. The predicted octanol–water partition coefficient (Wildman–Crippen LogP) is 2.43. The minimum atomic E-state index is -0.462. The second-order valence-corrected chi connectivity index (χ2v) is 4.97. The van der Waals surface area contributed by atoms with Gasteiger partial charge in [0, 0.05) is 48.7 Å². The molecule has 0 aliphatic heterocycles. The number of hydrogen-bond donors (Lipinski definition) is 1. The number of aromatic nitrogens is 1. The number of amides is 1. The van der Waals surface area contributed by atoms with Crippen LogP contribution in [0.1, 0.15) is 21.6 Å². The van der Waals surface area contributed by atoms with Gasteiger partial charge in [0.2, 0.25) is 0 Å². The number of halogens is 1. The maximum atomic E-state index is 13.7. The molecule has 2 rings (SSSR count). The van der Waals surface area contributed by atoms with Gasteiger partial charge in [0.05, 0.1) is 0 Å². The average Bonchev–Trinajstić information content (AvgIpc) is 2.50. The highest BCUT2D eigenvalue weighted by atomic mass is 19.1. The molecule has 1 heterocycles. The molecule has 0 saturated heterocycles. The number of nitrogen functional groups attached to an aromatic ring is 1. The maximum Gasteiger partial charge on any atom is 0.253 e. The molecule has 0 bridgehead atoms. The first kappa shape index (κ1) is 15.0. The van der Waals surface area contributed by atoms with Crippen LogP contribution in [0.15, 0.2) is 36.5 Å². The van der Waals surface area contributed by atoms with Gasteiger partial charge in [-0.15, -0.1) is 0 Å². The second kappa shape index (κ2) is 6.35. The number of rotatable bonds is 4. The highest BCUT2D eigenvalue weighted by Crippen LogP contribution is 2.18. The molecule has 1 amide bonds. The molecule has 0 spiro atoms. The average molecular weight is 287 g/mol. The van der Waals surface area contributed by atoms with Gasteiger partial charge in [0.15, 0.2) is 0 Å². The van der Waals surface area contributed by atoms with Crippen molar-refractivity contribution in [3.8, 4) is 0 Å². The third kappa shape index (κ3) is 3.56. The molecular weight excluding hydrogens is 269 g/mol. The standard InChI is InChI=1S/C16H18FN3O/c1-11-14(17)9-12(10-15(11)18)16(21)20(2)8-6-13-5-3-4-7-19-13/h3-5,7,9-10H,6,8,18H2,1-2H3. The molecule has 0 radical (unpaired) electrons. The van der Waals surface area contributed by atoms with Gasteiger partial charge in [0.25, 0.3) is 5.91 Å². The molecule has 1 aromatic carbocycles. The molecule has 2 aromatic rings. The lowest BCUT2D eigenvalue weighted by molar-refractivity contribution is 0.0796. The Balaban J connectivity index is 2.06. The van der Waals surface area contributed by atoms with E-state index < -0.39 is 5.82 Å². The number of carbonyl (C=O) groups is 1. The third-order valence-corrected chi connectivity index (χ3v) is 3.41. The van der Waals surface area contributed by atoms with Crippen LogP contribution >= 0.6 is 0 Å². The van der Waals surface area contributed by atoms with Gasteiger partial charge in [0.1, 0.15) is 5.82 Å². The summed E-state index contributed by atoms with van der Waals surface area (Å²) in [6, 6.07) is 8.39. The Morgan fingerprint density at radius 3 is 2.76 bits per heavy atom. The Labute approximate surface area is 123 Å². The lowest BCUT2D eigenvalue weighted by atomic mass is 10.1.